The predicted octanol–water partition coefficient (Wildman–Crippen LogP) is 1.97. The number of hydrogen-bond acceptors (Lipinski definition) is 4. The summed E-state index contributed by atoms with van der Waals surface area (Å²) in [6.07, 6.45) is 0. The summed E-state index contributed by atoms with van der Waals surface area (Å²) in [7, 11) is 0. The van der Waals surface area contributed by atoms with Crippen molar-refractivity contribution in [3.8, 4) is 0 Å². The molecule has 0 amide bonds. The van der Waals surface area contributed by atoms with Crippen molar-refractivity contribution in [2.24, 2.45) is 0 Å². The molecule has 15 heavy (non-hydrogen) atoms. The van der Waals surface area contributed by atoms with Crippen LogP contribution in [0.25, 0.3) is 0 Å². The lowest BCUT2D eigenvalue weighted by Gasteiger charge is -2.05. The zero-order valence-corrected chi connectivity index (χ0v) is 8.52. The number of carbonyl (C=O) groups is 1. The minimum Gasteiger partial charge on any atom is -0.461 e. The van der Waals surface area contributed by atoms with Crippen LogP contribution in [-0.4, -0.2) is 10.9 Å². The Morgan fingerprint density at radius 2 is 2.20 bits per heavy atom. The minimum atomic E-state index is -0.452. The van der Waals surface area contributed by atoms with Crippen molar-refractivity contribution in [1.82, 2.24) is 0 Å². The van der Waals surface area contributed by atoms with Gasteiger partial charge in [0.15, 0.2) is 0 Å². The highest BCUT2D eigenvalue weighted by atomic mass is 16.6. The average Bonchev–Trinajstić information content (AvgIpc) is 2.15. The van der Waals surface area contributed by atoms with Crippen molar-refractivity contribution >= 4 is 11.7 Å². The fourth-order valence-corrected chi connectivity index (χ4v) is 1.20. The number of nitro groups is 1. The second-order valence-corrected chi connectivity index (χ2v) is 3.10. The van der Waals surface area contributed by atoms with Gasteiger partial charge in [0.2, 0.25) is 0 Å². The summed E-state index contributed by atoms with van der Waals surface area (Å²) in [4.78, 5) is 20.7. The normalized spacial score (nSPS) is 9.73. The Labute approximate surface area is 86.8 Å². The van der Waals surface area contributed by atoms with E-state index in [1.165, 1.54) is 13.0 Å². The van der Waals surface area contributed by atoms with E-state index in [2.05, 4.69) is 0 Å². The molecule has 0 unspecified atom stereocenters. The Morgan fingerprint density at radius 1 is 1.53 bits per heavy atom. The van der Waals surface area contributed by atoms with Crippen LogP contribution in [0.5, 0.6) is 0 Å². The molecular formula is C10H11NO4. The number of hydrogen-bond donors (Lipinski definition) is 0. The third-order valence-electron chi connectivity index (χ3n) is 2.05. The Morgan fingerprint density at radius 3 is 2.73 bits per heavy atom. The van der Waals surface area contributed by atoms with Gasteiger partial charge in [-0.2, -0.15) is 0 Å². The third kappa shape index (κ3) is 2.77. The van der Waals surface area contributed by atoms with Gasteiger partial charge in [0.05, 0.1) is 4.92 Å². The summed E-state index contributed by atoms with van der Waals surface area (Å²) in [5.41, 5.74) is 1.22. The predicted molar refractivity (Wildman–Crippen MR) is 53.3 cm³/mol. The molecule has 0 radical (unpaired) electrons. The van der Waals surface area contributed by atoms with Crippen LogP contribution in [0.4, 0.5) is 5.69 Å². The van der Waals surface area contributed by atoms with Gasteiger partial charge in [0.1, 0.15) is 6.61 Å². The van der Waals surface area contributed by atoms with E-state index in [0.29, 0.717) is 11.1 Å². The van der Waals surface area contributed by atoms with Gasteiger partial charge in [0.25, 0.3) is 5.69 Å². The van der Waals surface area contributed by atoms with E-state index in [4.69, 9.17) is 4.74 Å². The molecule has 0 aliphatic carbocycles. The van der Waals surface area contributed by atoms with Gasteiger partial charge in [-0.25, -0.2) is 0 Å². The van der Waals surface area contributed by atoms with E-state index >= 15 is 0 Å². The Balaban J connectivity index is 2.94. The van der Waals surface area contributed by atoms with Crippen molar-refractivity contribution in [2.75, 3.05) is 0 Å². The summed E-state index contributed by atoms with van der Waals surface area (Å²) in [6.45, 7) is 3.01. The lowest BCUT2D eigenvalue weighted by Crippen LogP contribution is -2.02. The molecule has 1 rings (SSSR count). The Kier molecular flexibility index (Phi) is 3.38. The average molecular weight is 209 g/mol. The molecule has 0 atom stereocenters. The fraction of sp³-hybridized carbons (Fsp3) is 0.300. The largest absolute Gasteiger partial charge is 0.461 e. The molecule has 0 spiro atoms. The number of nitrogens with zero attached hydrogens (tertiary/aromatic N) is 1. The zero-order chi connectivity index (χ0) is 11.4. The lowest BCUT2D eigenvalue weighted by molar-refractivity contribution is -0.385. The highest BCUT2D eigenvalue weighted by Gasteiger charge is 2.13. The summed E-state index contributed by atoms with van der Waals surface area (Å²) in [6, 6.07) is 4.70. The van der Waals surface area contributed by atoms with Gasteiger partial charge in [-0.3, -0.25) is 14.9 Å². The zero-order valence-electron chi connectivity index (χ0n) is 8.52. The van der Waals surface area contributed by atoms with Gasteiger partial charge in [-0.1, -0.05) is 12.1 Å². The molecule has 1 aromatic carbocycles. The monoisotopic (exact) mass is 209 g/mol. The molecule has 0 aliphatic heterocycles. The number of benzene rings is 1. The van der Waals surface area contributed by atoms with Crippen LogP contribution in [0.15, 0.2) is 18.2 Å². The second kappa shape index (κ2) is 4.54. The summed E-state index contributed by atoms with van der Waals surface area (Å²) in [5.74, 6) is -0.402. The molecule has 0 saturated carbocycles. The molecule has 5 heteroatoms. The maximum Gasteiger partial charge on any atom is 0.302 e. The molecule has 0 aliphatic rings. The first-order valence-corrected chi connectivity index (χ1v) is 4.38. The quantitative estimate of drug-likeness (QED) is 0.433. The molecule has 0 saturated heterocycles. The first-order valence-electron chi connectivity index (χ1n) is 4.38. The maximum absolute atomic E-state index is 10.6. The van der Waals surface area contributed by atoms with E-state index in [1.54, 1.807) is 19.1 Å². The first kappa shape index (κ1) is 11.2. The maximum atomic E-state index is 10.6. The number of ether oxygens (including phenoxy) is 1. The topological polar surface area (TPSA) is 69.4 Å². The lowest BCUT2D eigenvalue weighted by atomic mass is 10.1. The van der Waals surface area contributed by atoms with Crippen LogP contribution >= 0.6 is 0 Å². The van der Waals surface area contributed by atoms with Crippen molar-refractivity contribution in [1.29, 1.82) is 0 Å². The summed E-state index contributed by atoms with van der Waals surface area (Å²) >= 11 is 0. The molecule has 5 nitrogen and oxygen atoms in total. The fourth-order valence-electron chi connectivity index (χ4n) is 1.20. The number of rotatable bonds is 3. The molecule has 0 fully saturated rings. The van der Waals surface area contributed by atoms with E-state index in [1.807, 2.05) is 0 Å². The van der Waals surface area contributed by atoms with E-state index in [9.17, 15) is 14.9 Å². The highest BCUT2D eigenvalue weighted by molar-refractivity contribution is 5.66. The number of esters is 1. The first-order chi connectivity index (χ1) is 7.02. The van der Waals surface area contributed by atoms with Crippen LogP contribution in [0.2, 0.25) is 0 Å². The molecule has 0 bridgehead atoms. The highest BCUT2D eigenvalue weighted by Crippen LogP contribution is 2.21. The van der Waals surface area contributed by atoms with Crippen molar-refractivity contribution in [3.05, 3.63) is 39.4 Å². The van der Waals surface area contributed by atoms with Crippen molar-refractivity contribution < 1.29 is 14.5 Å². The van der Waals surface area contributed by atoms with Crippen LogP contribution in [0.1, 0.15) is 18.1 Å². The molecule has 0 N–H and O–H groups in total. The Bertz CT molecular complexity index is 400. The molecule has 0 heterocycles. The molecule has 0 aromatic heterocycles. The van der Waals surface area contributed by atoms with E-state index in [0.717, 1.165) is 0 Å². The van der Waals surface area contributed by atoms with Crippen LogP contribution in [0.3, 0.4) is 0 Å². The van der Waals surface area contributed by atoms with Gasteiger partial charge >= 0.3 is 5.97 Å². The summed E-state index contributed by atoms with van der Waals surface area (Å²) < 4.78 is 4.78. The van der Waals surface area contributed by atoms with Gasteiger partial charge < -0.3 is 4.74 Å². The van der Waals surface area contributed by atoms with Crippen molar-refractivity contribution in [2.45, 2.75) is 20.5 Å². The SMILES string of the molecule is CC(=O)OCc1cccc([N+](=O)[O-])c1C. The molecule has 80 valence electrons. The Hall–Kier alpha value is -1.91. The number of carbonyl (C=O) groups excluding carboxylic acids is 1. The summed E-state index contributed by atoms with van der Waals surface area (Å²) in [5, 5.41) is 10.6. The van der Waals surface area contributed by atoms with Gasteiger partial charge in [0, 0.05) is 18.6 Å². The smallest absolute Gasteiger partial charge is 0.302 e. The minimum absolute atomic E-state index is 0.0413. The van der Waals surface area contributed by atoms with E-state index in [-0.39, 0.29) is 12.3 Å². The number of nitro benzene ring substituents is 1. The molecule has 1 aromatic rings. The van der Waals surface area contributed by atoms with Crippen molar-refractivity contribution in [3.63, 3.8) is 0 Å². The van der Waals surface area contributed by atoms with Crippen LogP contribution < -0.4 is 0 Å². The second-order valence-electron chi connectivity index (χ2n) is 3.10. The van der Waals surface area contributed by atoms with E-state index < -0.39 is 10.9 Å². The van der Waals surface area contributed by atoms with Gasteiger partial charge in [-0.05, 0) is 12.5 Å². The van der Waals surface area contributed by atoms with Crippen LogP contribution in [-0.2, 0) is 16.1 Å². The van der Waals surface area contributed by atoms with Gasteiger partial charge in [-0.15, -0.1) is 0 Å². The molecular weight excluding hydrogens is 198 g/mol. The third-order valence-corrected chi connectivity index (χ3v) is 2.05. The van der Waals surface area contributed by atoms with Crippen LogP contribution in [0, 0.1) is 17.0 Å². The standard InChI is InChI=1S/C10H11NO4/c1-7-9(6-15-8(2)12)4-3-5-10(7)11(13)14/h3-5H,6H2,1-2H3.